The van der Waals surface area contributed by atoms with Crippen molar-refractivity contribution in [3.63, 3.8) is 0 Å². The maximum Gasteiger partial charge on any atom is 0.00956 e. The summed E-state index contributed by atoms with van der Waals surface area (Å²) in [5, 5.41) is 0. The summed E-state index contributed by atoms with van der Waals surface area (Å²) in [4.78, 5) is 0. The fourth-order valence-electron chi connectivity index (χ4n) is 3.16. The van der Waals surface area contributed by atoms with Crippen LogP contribution in [-0.4, -0.2) is 6.04 Å². The first-order valence-corrected chi connectivity index (χ1v) is 4.98. The van der Waals surface area contributed by atoms with Gasteiger partial charge in [-0.05, 0) is 37.0 Å². The van der Waals surface area contributed by atoms with Crippen LogP contribution in [0.2, 0.25) is 0 Å². The van der Waals surface area contributed by atoms with E-state index < -0.39 is 0 Å². The molecular weight excluding hydrogens is 134 g/mol. The lowest BCUT2D eigenvalue weighted by atomic mass is 9.80. The van der Waals surface area contributed by atoms with E-state index in [1.165, 1.54) is 38.5 Å². The third-order valence-corrected chi connectivity index (χ3v) is 3.87. The van der Waals surface area contributed by atoms with E-state index in [2.05, 4.69) is 6.92 Å². The van der Waals surface area contributed by atoms with Crippen LogP contribution in [0.1, 0.15) is 45.4 Å². The highest BCUT2D eigenvalue weighted by Gasteiger charge is 2.44. The highest BCUT2D eigenvalue weighted by molar-refractivity contribution is 4.99. The fraction of sp³-hybridized carbons (Fsp3) is 1.00. The second-order valence-electron chi connectivity index (χ2n) is 4.71. The topological polar surface area (TPSA) is 26.0 Å². The molecule has 1 heteroatoms. The zero-order valence-electron chi connectivity index (χ0n) is 7.47. The van der Waals surface area contributed by atoms with Crippen molar-refractivity contribution in [1.29, 1.82) is 0 Å². The molecule has 0 aromatic carbocycles. The van der Waals surface area contributed by atoms with Crippen molar-refractivity contribution >= 4 is 0 Å². The van der Waals surface area contributed by atoms with Gasteiger partial charge >= 0.3 is 0 Å². The lowest BCUT2D eigenvalue weighted by molar-refractivity contribution is 0.260. The molecule has 0 radical (unpaired) electrons. The molecule has 0 saturated heterocycles. The van der Waals surface area contributed by atoms with Gasteiger partial charge in [-0.15, -0.1) is 0 Å². The minimum absolute atomic E-state index is 0.535. The van der Waals surface area contributed by atoms with Gasteiger partial charge in [0.15, 0.2) is 0 Å². The van der Waals surface area contributed by atoms with Gasteiger partial charge in [0.1, 0.15) is 0 Å². The second kappa shape index (κ2) is 2.48. The molecule has 3 atom stereocenters. The summed E-state index contributed by atoms with van der Waals surface area (Å²) in [5.74, 6) is 0.944. The molecule has 2 aliphatic carbocycles. The first-order chi connectivity index (χ1) is 5.23. The maximum absolute atomic E-state index is 6.14. The highest BCUT2D eigenvalue weighted by Crippen LogP contribution is 2.51. The normalized spacial score (nSPS) is 50.7. The highest BCUT2D eigenvalue weighted by atomic mass is 14.7. The van der Waals surface area contributed by atoms with E-state index in [9.17, 15) is 0 Å². The Labute approximate surface area is 69.4 Å². The lowest BCUT2D eigenvalue weighted by Crippen LogP contribution is -2.34. The van der Waals surface area contributed by atoms with Crippen molar-refractivity contribution in [1.82, 2.24) is 0 Å². The van der Waals surface area contributed by atoms with Crippen molar-refractivity contribution in [2.75, 3.05) is 0 Å². The zero-order chi connectivity index (χ0) is 7.90. The number of hydrogen-bond acceptors (Lipinski definition) is 1. The Kier molecular flexibility index (Phi) is 1.71. The van der Waals surface area contributed by atoms with Gasteiger partial charge in [0, 0.05) is 6.04 Å². The first-order valence-electron chi connectivity index (χ1n) is 4.98. The zero-order valence-corrected chi connectivity index (χ0v) is 7.47. The van der Waals surface area contributed by atoms with Crippen molar-refractivity contribution in [3.8, 4) is 0 Å². The summed E-state index contributed by atoms with van der Waals surface area (Å²) < 4.78 is 0. The quantitative estimate of drug-likeness (QED) is 0.568. The van der Waals surface area contributed by atoms with Gasteiger partial charge in [-0.1, -0.05) is 19.8 Å². The molecule has 0 aromatic heterocycles. The van der Waals surface area contributed by atoms with Crippen LogP contribution in [0.4, 0.5) is 0 Å². The average molecular weight is 153 g/mol. The molecule has 1 spiro atoms. The van der Waals surface area contributed by atoms with E-state index in [0.29, 0.717) is 11.5 Å². The third-order valence-electron chi connectivity index (χ3n) is 3.87. The van der Waals surface area contributed by atoms with Crippen LogP contribution in [-0.2, 0) is 0 Å². The van der Waals surface area contributed by atoms with Crippen LogP contribution in [0.3, 0.4) is 0 Å². The van der Waals surface area contributed by atoms with Crippen LogP contribution in [0.25, 0.3) is 0 Å². The molecule has 2 fully saturated rings. The van der Waals surface area contributed by atoms with Crippen molar-refractivity contribution < 1.29 is 0 Å². The van der Waals surface area contributed by atoms with E-state index in [4.69, 9.17) is 5.73 Å². The van der Waals surface area contributed by atoms with Crippen LogP contribution < -0.4 is 5.73 Å². The van der Waals surface area contributed by atoms with Crippen LogP contribution in [0.15, 0.2) is 0 Å². The molecule has 0 bridgehead atoms. The Morgan fingerprint density at radius 1 is 1.27 bits per heavy atom. The second-order valence-corrected chi connectivity index (χ2v) is 4.71. The van der Waals surface area contributed by atoms with Gasteiger partial charge in [0.25, 0.3) is 0 Å². The number of hydrogen-bond donors (Lipinski definition) is 1. The minimum atomic E-state index is 0.535. The predicted octanol–water partition coefficient (Wildman–Crippen LogP) is 2.30. The molecule has 2 aliphatic rings. The molecule has 0 aliphatic heterocycles. The average Bonchev–Trinajstić information content (AvgIpc) is 2.46. The van der Waals surface area contributed by atoms with Crippen molar-refractivity contribution in [3.05, 3.63) is 0 Å². The van der Waals surface area contributed by atoms with E-state index in [-0.39, 0.29) is 0 Å². The van der Waals surface area contributed by atoms with Crippen LogP contribution >= 0.6 is 0 Å². The molecule has 0 aromatic rings. The molecule has 0 heterocycles. The summed E-state index contributed by atoms with van der Waals surface area (Å²) in [6, 6.07) is 0.535. The summed E-state index contributed by atoms with van der Waals surface area (Å²) >= 11 is 0. The van der Waals surface area contributed by atoms with Crippen molar-refractivity contribution in [2.45, 2.75) is 51.5 Å². The largest absolute Gasteiger partial charge is 0.327 e. The fourth-order valence-corrected chi connectivity index (χ4v) is 3.16. The molecule has 11 heavy (non-hydrogen) atoms. The molecule has 2 rings (SSSR count). The van der Waals surface area contributed by atoms with Gasteiger partial charge in [-0.2, -0.15) is 0 Å². The maximum atomic E-state index is 6.14. The number of nitrogens with two attached hydrogens (primary N) is 1. The van der Waals surface area contributed by atoms with Gasteiger partial charge in [-0.3, -0.25) is 0 Å². The lowest BCUT2D eigenvalue weighted by Gasteiger charge is -2.28. The molecule has 2 N–H and O–H groups in total. The van der Waals surface area contributed by atoms with E-state index in [1.807, 2.05) is 0 Å². The minimum Gasteiger partial charge on any atom is -0.327 e. The molecule has 3 unspecified atom stereocenters. The SMILES string of the molecule is CC1CCC2(CCCC2N)C1. The predicted molar refractivity (Wildman–Crippen MR) is 47.3 cm³/mol. The smallest absolute Gasteiger partial charge is 0.00956 e. The summed E-state index contributed by atoms with van der Waals surface area (Å²) in [6.45, 7) is 2.37. The van der Waals surface area contributed by atoms with E-state index >= 15 is 0 Å². The Balaban J connectivity index is 2.10. The van der Waals surface area contributed by atoms with E-state index in [0.717, 1.165) is 5.92 Å². The number of rotatable bonds is 0. The Morgan fingerprint density at radius 2 is 2.09 bits per heavy atom. The molecule has 64 valence electrons. The monoisotopic (exact) mass is 153 g/mol. The van der Waals surface area contributed by atoms with Gasteiger partial charge < -0.3 is 5.73 Å². The molecule has 2 saturated carbocycles. The Morgan fingerprint density at radius 3 is 2.55 bits per heavy atom. The van der Waals surface area contributed by atoms with Crippen molar-refractivity contribution in [2.24, 2.45) is 17.1 Å². The summed E-state index contributed by atoms with van der Waals surface area (Å²) in [5.41, 5.74) is 6.73. The van der Waals surface area contributed by atoms with Crippen LogP contribution in [0.5, 0.6) is 0 Å². The third kappa shape index (κ3) is 1.10. The summed E-state index contributed by atoms with van der Waals surface area (Å²) in [6.07, 6.45) is 8.33. The standard InChI is InChI=1S/C10H19N/c1-8-4-6-10(7-8)5-2-3-9(10)11/h8-9H,2-7,11H2,1H3. The Hall–Kier alpha value is -0.0400. The van der Waals surface area contributed by atoms with Gasteiger partial charge in [0.2, 0.25) is 0 Å². The Bertz CT molecular complexity index is 155. The van der Waals surface area contributed by atoms with E-state index in [1.54, 1.807) is 0 Å². The first kappa shape index (κ1) is 7.60. The van der Waals surface area contributed by atoms with Gasteiger partial charge in [-0.25, -0.2) is 0 Å². The molecular formula is C10H19N. The van der Waals surface area contributed by atoms with Gasteiger partial charge in [0.05, 0.1) is 0 Å². The summed E-state index contributed by atoms with van der Waals surface area (Å²) in [7, 11) is 0. The molecule has 0 amide bonds. The van der Waals surface area contributed by atoms with Crippen LogP contribution in [0, 0.1) is 11.3 Å². The molecule has 1 nitrogen and oxygen atoms in total.